The summed E-state index contributed by atoms with van der Waals surface area (Å²) >= 11 is 1.07. The maximum atomic E-state index is 12.8. The summed E-state index contributed by atoms with van der Waals surface area (Å²) in [5.74, 6) is -3.34. The van der Waals surface area contributed by atoms with Gasteiger partial charge in [-0.25, -0.2) is 9.78 Å². The molecule has 9 heteroatoms. The number of aliphatic carboxylic acids is 1. The van der Waals surface area contributed by atoms with Gasteiger partial charge in [0.1, 0.15) is 5.03 Å². The Morgan fingerprint density at radius 3 is 2.45 bits per heavy atom. The fourth-order valence-corrected chi connectivity index (χ4v) is 1.81. The molecule has 1 aromatic rings. The number of thioether (sulfide) groups is 1. The normalized spacial score (nSPS) is 14.4. The predicted octanol–water partition coefficient (Wildman–Crippen LogP) is 1.94. The third-order valence-electron chi connectivity index (χ3n) is 2.57. The van der Waals surface area contributed by atoms with Gasteiger partial charge in [0.2, 0.25) is 5.54 Å². The lowest BCUT2D eigenvalue weighted by atomic mass is 10.0. The zero-order valence-corrected chi connectivity index (χ0v) is 11.3. The molecule has 2 N–H and O–H groups in total. The minimum atomic E-state index is -5.13. The van der Waals surface area contributed by atoms with Gasteiger partial charge in [0.15, 0.2) is 0 Å². The van der Waals surface area contributed by atoms with E-state index in [1.165, 1.54) is 23.6 Å². The van der Waals surface area contributed by atoms with E-state index in [0.717, 1.165) is 11.8 Å². The van der Waals surface area contributed by atoms with Gasteiger partial charge in [-0.3, -0.25) is 4.79 Å². The third kappa shape index (κ3) is 3.03. The van der Waals surface area contributed by atoms with E-state index in [-0.39, 0.29) is 10.6 Å². The quantitative estimate of drug-likeness (QED) is 0.831. The van der Waals surface area contributed by atoms with Gasteiger partial charge in [0, 0.05) is 6.20 Å². The summed E-state index contributed by atoms with van der Waals surface area (Å²) < 4.78 is 38.4. The highest BCUT2D eigenvalue weighted by atomic mass is 32.2. The molecular formula is C11H11F3N2O3S. The van der Waals surface area contributed by atoms with Crippen LogP contribution in [0.15, 0.2) is 23.4 Å². The Hall–Kier alpha value is -1.77. The van der Waals surface area contributed by atoms with Crippen LogP contribution in [0.2, 0.25) is 0 Å². The van der Waals surface area contributed by atoms with E-state index in [1.54, 1.807) is 6.26 Å². The van der Waals surface area contributed by atoms with E-state index < -0.39 is 23.6 Å². The molecule has 0 aliphatic carbocycles. The molecule has 0 saturated heterocycles. The van der Waals surface area contributed by atoms with Gasteiger partial charge >= 0.3 is 12.1 Å². The fourth-order valence-electron chi connectivity index (χ4n) is 1.27. The molecule has 0 radical (unpaired) electrons. The van der Waals surface area contributed by atoms with Crippen LogP contribution in [0.25, 0.3) is 0 Å². The lowest BCUT2D eigenvalue weighted by molar-refractivity contribution is -0.203. The second-order valence-corrected chi connectivity index (χ2v) is 4.74. The van der Waals surface area contributed by atoms with E-state index in [9.17, 15) is 22.8 Å². The smallest absolute Gasteiger partial charge is 0.422 e. The monoisotopic (exact) mass is 308 g/mol. The van der Waals surface area contributed by atoms with Crippen LogP contribution < -0.4 is 5.32 Å². The zero-order chi connectivity index (χ0) is 15.6. The van der Waals surface area contributed by atoms with Crippen molar-refractivity contribution in [3.8, 4) is 0 Å². The van der Waals surface area contributed by atoms with E-state index >= 15 is 0 Å². The Labute approximate surface area is 116 Å². The molecule has 0 spiro atoms. The molecule has 1 heterocycles. The molecule has 20 heavy (non-hydrogen) atoms. The Balaban J connectivity index is 3.13. The van der Waals surface area contributed by atoms with E-state index in [4.69, 9.17) is 5.11 Å². The van der Waals surface area contributed by atoms with Crippen molar-refractivity contribution in [3.63, 3.8) is 0 Å². The Morgan fingerprint density at radius 1 is 1.40 bits per heavy atom. The molecule has 1 unspecified atom stereocenters. The summed E-state index contributed by atoms with van der Waals surface area (Å²) in [6.07, 6.45) is -2.15. The van der Waals surface area contributed by atoms with Crippen LogP contribution >= 0.6 is 11.8 Å². The van der Waals surface area contributed by atoms with Crippen molar-refractivity contribution in [2.45, 2.75) is 23.7 Å². The first-order valence-corrected chi connectivity index (χ1v) is 6.47. The maximum Gasteiger partial charge on any atom is 0.422 e. The lowest BCUT2D eigenvalue weighted by Crippen LogP contribution is -2.61. The Bertz CT molecular complexity index is 536. The summed E-state index contributed by atoms with van der Waals surface area (Å²) in [7, 11) is 0. The van der Waals surface area contributed by atoms with Crippen molar-refractivity contribution < 1.29 is 27.9 Å². The Morgan fingerprint density at radius 2 is 2.00 bits per heavy atom. The van der Waals surface area contributed by atoms with E-state index in [0.29, 0.717) is 6.92 Å². The van der Waals surface area contributed by atoms with Gasteiger partial charge in [0.25, 0.3) is 5.91 Å². The Kier molecular flexibility index (Phi) is 4.64. The molecule has 0 bridgehead atoms. The standard InChI is InChI=1S/C11H11F3N2O3S/c1-10(9(18)19,11(12,13)14)16-7(17)6-4-3-5-15-8(6)20-2/h3-5H,1-2H3,(H,16,17)(H,18,19). The fraction of sp³-hybridized carbons (Fsp3) is 0.364. The van der Waals surface area contributed by atoms with Crippen molar-refractivity contribution >= 4 is 23.6 Å². The molecule has 0 aliphatic rings. The van der Waals surface area contributed by atoms with Crippen LogP contribution in [0, 0.1) is 0 Å². The number of hydrogen-bond acceptors (Lipinski definition) is 4. The number of amides is 1. The molecule has 0 aliphatic heterocycles. The van der Waals surface area contributed by atoms with Gasteiger partial charge in [-0.2, -0.15) is 13.2 Å². The maximum absolute atomic E-state index is 12.8. The topological polar surface area (TPSA) is 79.3 Å². The first-order valence-electron chi connectivity index (χ1n) is 5.25. The summed E-state index contributed by atoms with van der Waals surface area (Å²) in [6, 6.07) is 2.65. The first kappa shape index (κ1) is 16.3. The molecule has 1 amide bonds. The molecular weight excluding hydrogens is 297 g/mol. The second kappa shape index (κ2) is 5.70. The number of carbonyl (C=O) groups is 2. The van der Waals surface area contributed by atoms with Crippen molar-refractivity contribution in [1.29, 1.82) is 0 Å². The third-order valence-corrected chi connectivity index (χ3v) is 3.28. The van der Waals surface area contributed by atoms with Crippen molar-refractivity contribution in [1.82, 2.24) is 10.3 Å². The van der Waals surface area contributed by atoms with Crippen molar-refractivity contribution in [2.75, 3.05) is 6.26 Å². The SMILES string of the molecule is CSc1ncccc1C(=O)NC(C)(C(=O)O)C(F)(F)F. The van der Waals surface area contributed by atoms with Gasteiger partial charge < -0.3 is 10.4 Å². The van der Waals surface area contributed by atoms with Gasteiger partial charge in [0.05, 0.1) is 5.56 Å². The van der Waals surface area contributed by atoms with Crippen LogP contribution in [-0.2, 0) is 4.79 Å². The molecule has 1 atom stereocenters. The van der Waals surface area contributed by atoms with Crippen LogP contribution in [0.1, 0.15) is 17.3 Å². The zero-order valence-electron chi connectivity index (χ0n) is 10.5. The van der Waals surface area contributed by atoms with Crippen molar-refractivity contribution in [3.05, 3.63) is 23.9 Å². The minimum Gasteiger partial charge on any atom is -0.479 e. The predicted molar refractivity (Wildman–Crippen MR) is 65.6 cm³/mol. The number of hydrogen-bond donors (Lipinski definition) is 2. The number of aromatic nitrogens is 1. The number of halogens is 3. The van der Waals surface area contributed by atoms with Gasteiger partial charge in [-0.15, -0.1) is 11.8 Å². The van der Waals surface area contributed by atoms with Crippen molar-refractivity contribution in [2.24, 2.45) is 0 Å². The van der Waals surface area contributed by atoms with Crippen LogP contribution in [0.4, 0.5) is 13.2 Å². The van der Waals surface area contributed by atoms with E-state index in [1.807, 2.05) is 0 Å². The average Bonchev–Trinajstić information content (AvgIpc) is 2.36. The van der Waals surface area contributed by atoms with Crippen LogP contribution in [-0.4, -0.2) is 39.9 Å². The average molecular weight is 308 g/mol. The highest BCUT2D eigenvalue weighted by molar-refractivity contribution is 7.98. The number of carboxylic acid groups (broad SMARTS) is 1. The minimum absolute atomic E-state index is 0.114. The number of alkyl halides is 3. The summed E-state index contributed by atoms with van der Waals surface area (Å²) in [5, 5.41) is 10.5. The molecule has 1 rings (SSSR count). The first-order chi connectivity index (χ1) is 9.13. The number of rotatable bonds is 4. The molecule has 1 aromatic heterocycles. The number of carbonyl (C=O) groups excluding carboxylic acids is 1. The highest BCUT2D eigenvalue weighted by Gasteiger charge is 2.58. The van der Waals surface area contributed by atoms with Gasteiger partial charge in [-0.1, -0.05) is 0 Å². The number of nitrogens with one attached hydrogen (secondary N) is 1. The molecule has 5 nitrogen and oxygen atoms in total. The summed E-state index contributed by atoms with van der Waals surface area (Å²) in [6.45, 7) is 0.391. The molecule has 0 aromatic carbocycles. The lowest BCUT2D eigenvalue weighted by Gasteiger charge is -2.28. The molecule has 0 fully saturated rings. The number of pyridine rings is 1. The van der Waals surface area contributed by atoms with Crippen LogP contribution in [0.3, 0.4) is 0 Å². The van der Waals surface area contributed by atoms with E-state index in [2.05, 4.69) is 4.98 Å². The molecule has 0 saturated carbocycles. The molecule has 110 valence electrons. The second-order valence-electron chi connectivity index (χ2n) is 3.94. The number of carboxylic acids is 1. The summed E-state index contributed by atoms with van der Waals surface area (Å²) in [5.41, 5.74) is -3.48. The largest absolute Gasteiger partial charge is 0.479 e. The summed E-state index contributed by atoms with van der Waals surface area (Å²) in [4.78, 5) is 26.5. The number of nitrogens with zero attached hydrogens (tertiary/aromatic N) is 1. The van der Waals surface area contributed by atoms with Crippen LogP contribution in [0.5, 0.6) is 0 Å². The van der Waals surface area contributed by atoms with Gasteiger partial charge in [-0.05, 0) is 25.3 Å². The highest BCUT2D eigenvalue weighted by Crippen LogP contribution is 2.31.